The van der Waals surface area contributed by atoms with Crippen LogP contribution in [0.2, 0.25) is 0 Å². The summed E-state index contributed by atoms with van der Waals surface area (Å²) in [4.78, 5) is 4.19. The number of nitrogen functional groups attached to an aromatic ring is 1. The van der Waals surface area contributed by atoms with E-state index in [4.69, 9.17) is 10.5 Å². The van der Waals surface area contributed by atoms with Gasteiger partial charge in [-0.15, -0.1) is 0 Å². The van der Waals surface area contributed by atoms with Crippen molar-refractivity contribution in [2.75, 3.05) is 17.7 Å². The number of nitrogens with one attached hydrogen (secondary N) is 1. The van der Waals surface area contributed by atoms with Crippen molar-refractivity contribution in [1.29, 1.82) is 0 Å². The number of hydrogen-bond donors (Lipinski definition) is 2. The summed E-state index contributed by atoms with van der Waals surface area (Å²) < 4.78 is 5.45. The van der Waals surface area contributed by atoms with Gasteiger partial charge in [-0.25, -0.2) is 4.98 Å². The maximum atomic E-state index is 5.89. The smallest absolute Gasteiger partial charge is 0.237 e. The van der Waals surface area contributed by atoms with E-state index in [2.05, 4.69) is 10.3 Å². The molecule has 1 heterocycles. The Labute approximate surface area is 107 Å². The molecule has 0 saturated heterocycles. The molecule has 0 aliphatic carbocycles. The van der Waals surface area contributed by atoms with E-state index in [-0.39, 0.29) is 0 Å². The Morgan fingerprint density at radius 2 is 2.06 bits per heavy atom. The highest BCUT2D eigenvalue weighted by Crippen LogP contribution is 2.22. The molecule has 0 atom stereocenters. The summed E-state index contributed by atoms with van der Waals surface area (Å²) in [6.07, 6.45) is 1.72. The fourth-order valence-corrected chi connectivity index (χ4v) is 1.66. The first-order valence-corrected chi connectivity index (χ1v) is 5.96. The van der Waals surface area contributed by atoms with Crippen molar-refractivity contribution in [2.45, 2.75) is 13.5 Å². The minimum atomic E-state index is 0.596. The maximum Gasteiger partial charge on any atom is 0.237 e. The molecular formula is C14H17N3O. The summed E-state index contributed by atoms with van der Waals surface area (Å²) in [5.74, 6) is 0.620. The predicted octanol–water partition coefficient (Wildman–Crippen LogP) is 2.67. The Morgan fingerprint density at radius 3 is 2.83 bits per heavy atom. The number of benzene rings is 1. The molecule has 2 rings (SSSR count). The number of hydrogen-bond acceptors (Lipinski definition) is 4. The SMILES string of the molecule is CCOc1ncccc1NCc1ccccc1N. The first kappa shape index (κ1) is 12.2. The molecule has 18 heavy (non-hydrogen) atoms. The zero-order valence-corrected chi connectivity index (χ0v) is 10.4. The quantitative estimate of drug-likeness (QED) is 0.793. The van der Waals surface area contributed by atoms with Crippen LogP contribution < -0.4 is 15.8 Å². The largest absolute Gasteiger partial charge is 0.476 e. The third-order valence-corrected chi connectivity index (χ3v) is 2.58. The molecule has 0 aliphatic heterocycles. The molecule has 2 aromatic rings. The van der Waals surface area contributed by atoms with Crippen LogP contribution in [-0.4, -0.2) is 11.6 Å². The van der Waals surface area contributed by atoms with Gasteiger partial charge in [0.1, 0.15) is 0 Å². The second-order valence-corrected chi connectivity index (χ2v) is 3.84. The van der Waals surface area contributed by atoms with Gasteiger partial charge in [0.2, 0.25) is 5.88 Å². The van der Waals surface area contributed by atoms with Crippen molar-refractivity contribution >= 4 is 11.4 Å². The summed E-state index contributed by atoms with van der Waals surface area (Å²) >= 11 is 0. The monoisotopic (exact) mass is 243 g/mol. The molecule has 0 fully saturated rings. The van der Waals surface area contributed by atoms with Gasteiger partial charge < -0.3 is 15.8 Å². The molecule has 3 N–H and O–H groups in total. The van der Waals surface area contributed by atoms with Gasteiger partial charge in [0, 0.05) is 18.4 Å². The summed E-state index contributed by atoms with van der Waals surface area (Å²) in [5.41, 5.74) is 8.62. The average Bonchev–Trinajstić information content (AvgIpc) is 2.40. The lowest BCUT2D eigenvalue weighted by molar-refractivity contribution is 0.328. The van der Waals surface area contributed by atoms with Crippen LogP contribution in [0.1, 0.15) is 12.5 Å². The average molecular weight is 243 g/mol. The standard InChI is InChI=1S/C14H17N3O/c1-2-18-14-13(8-5-9-16-14)17-10-11-6-3-4-7-12(11)15/h3-9,17H,2,10,15H2,1H3. The van der Waals surface area contributed by atoms with Gasteiger partial charge >= 0.3 is 0 Å². The lowest BCUT2D eigenvalue weighted by Crippen LogP contribution is -2.05. The normalized spacial score (nSPS) is 10.1. The Morgan fingerprint density at radius 1 is 1.22 bits per heavy atom. The van der Waals surface area contributed by atoms with Gasteiger partial charge in [-0.3, -0.25) is 0 Å². The number of nitrogens with two attached hydrogens (primary N) is 1. The molecule has 1 aromatic heterocycles. The number of para-hydroxylation sites is 1. The lowest BCUT2D eigenvalue weighted by atomic mass is 10.2. The van der Waals surface area contributed by atoms with Crippen molar-refractivity contribution in [2.24, 2.45) is 0 Å². The summed E-state index contributed by atoms with van der Waals surface area (Å²) in [5, 5.41) is 3.29. The van der Waals surface area contributed by atoms with Gasteiger partial charge in [0.05, 0.1) is 12.3 Å². The zero-order chi connectivity index (χ0) is 12.8. The van der Waals surface area contributed by atoms with Crippen LogP contribution in [0.4, 0.5) is 11.4 Å². The fourth-order valence-electron chi connectivity index (χ4n) is 1.66. The topological polar surface area (TPSA) is 60.2 Å². The first-order valence-electron chi connectivity index (χ1n) is 5.96. The van der Waals surface area contributed by atoms with Crippen molar-refractivity contribution in [1.82, 2.24) is 4.98 Å². The third-order valence-electron chi connectivity index (χ3n) is 2.58. The highest BCUT2D eigenvalue weighted by atomic mass is 16.5. The zero-order valence-electron chi connectivity index (χ0n) is 10.4. The molecule has 4 heteroatoms. The number of aromatic nitrogens is 1. The molecule has 0 unspecified atom stereocenters. The predicted molar refractivity (Wildman–Crippen MR) is 73.6 cm³/mol. The summed E-state index contributed by atoms with van der Waals surface area (Å²) in [7, 11) is 0. The Kier molecular flexibility index (Phi) is 4.02. The second kappa shape index (κ2) is 5.91. The highest BCUT2D eigenvalue weighted by Gasteiger charge is 2.04. The molecule has 0 spiro atoms. The first-order chi connectivity index (χ1) is 8.81. The molecule has 4 nitrogen and oxygen atoms in total. The number of ether oxygens (including phenoxy) is 1. The summed E-state index contributed by atoms with van der Waals surface area (Å²) in [6, 6.07) is 11.6. The molecule has 0 radical (unpaired) electrons. The van der Waals surface area contributed by atoms with E-state index in [0.29, 0.717) is 19.0 Å². The van der Waals surface area contributed by atoms with Crippen LogP contribution in [0, 0.1) is 0 Å². The second-order valence-electron chi connectivity index (χ2n) is 3.84. The molecular weight excluding hydrogens is 226 g/mol. The van der Waals surface area contributed by atoms with E-state index in [1.807, 2.05) is 43.3 Å². The minimum absolute atomic E-state index is 0.596. The molecule has 0 saturated carbocycles. The van der Waals surface area contributed by atoms with Crippen molar-refractivity contribution in [3.63, 3.8) is 0 Å². The molecule has 0 bridgehead atoms. The molecule has 94 valence electrons. The maximum absolute atomic E-state index is 5.89. The lowest BCUT2D eigenvalue weighted by Gasteiger charge is -2.12. The van der Waals surface area contributed by atoms with Gasteiger partial charge in [-0.2, -0.15) is 0 Å². The third kappa shape index (κ3) is 2.91. The number of rotatable bonds is 5. The van der Waals surface area contributed by atoms with Gasteiger partial charge in [0.25, 0.3) is 0 Å². The van der Waals surface area contributed by atoms with E-state index >= 15 is 0 Å². The van der Waals surface area contributed by atoms with Crippen LogP contribution in [0.15, 0.2) is 42.6 Å². The van der Waals surface area contributed by atoms with Crippen LogP contribution in [0.5, 0.6) is 5.88 Å². The van der Waals surface area contributed by atoms with Gasteiger partial charge in [-0.1, -0.05) is 18.2 Å². The van der Waals surface area contributed by atoms with Crippen molar-refractivity contribution < 1.29 is 4.74 Å². The van der Waals surface area contributed by atoms with E-state index in [1.165, 1.54) is 0 Å². The number of anilines is 2. The molecule has 0 aliphatic rings. The van der Waals surface area contributed by atoms with Crippen LogP contribution >= 0.6 is 0 Å². The number of pyridine rings is 1. The van der Waals surface area contributed by atoms with Crippen LogP contribution in [0.25, 0.3) is 0 Å². The number of nitrogens with zero attached hydrogens (tertiary/aromatic N) is 1. The van der Waals surface area contributed by atoms with E-state index in [0.717, 1.165) is 16.9 Å². The highest BCUT2D eigenvalue weighted by molar-refractivity contribution is 5.54. The van der Waals surface area contributed by atoms with Crippen molar-refractivity contribution in [3.8, 4) is 5.88 Å². The fraction of sp³-hybridized carbons (Fsp3) is 0.214. The van der Waals surface area contributed by atoms with Gasteiger partial charge in [-0.05, 0) is 30.7 Å². The van der Waals surface area contributed by atoms with E-state index in [1.54, 1.807) is 6.20 Å². The van der Waals surface area contributed by atoms with Gasteiger partial charge in [0.15, 0.2) is 0 Å². The van der Waals surface area contributed by atoms with E-state index < -0.39 is 0 Å². The molecule has 0 amide bonds. The summed E-state index contributed by atoms with van der Waals surface area (Å²) in [6.45, 7) is 3.19. The van der Waals surface area contributed by atoms with Crippen LogP contribution in [0.3, 0.4) is 0 Å². The van der Waals surface area contributed by atoms with E-state index in [9.17, 15) is 0 Å². The molecule has 1 aromatic carbocycles. The Hall–Kier alpha value is -2.23. The van der Waals surface area contributed by atoms with Crippen LogP contribution in [-0.2, 0) is 6.54 Å². The minimum Gasteiger partial charge on any atom is -0.476 e. The Balaban J connectivity index is 2.08. The van der Waals surface area contributed by atoms with Crippen molar-refractivity contribution in [3.05, 3.63) is 48.2 Å². The Bertz CT molecular complexity index is 514.